The number of rotatable bonds is 3. The Hall–Kier alpha value is -3.15. The summed E-state index contributed by atoms with van der Waals surface area (Å²) in [5.74, 6) is -0.985. The molecule has 5 rings (SSSR count). The van der Waals surface area contributed by atoms with Gasteiger partial charge in [-0.15, -0.1) is 0 Å². The molecule has 1 aliphatic heterocycles. The van der Waals surface area contributed by atoms with E-state index >= 15 is 0 Å². The molecule has 2 aliphatic rings. The Kier molecular flexibility index (Phi) is 4.43. The quantitative estimate of drug-likeness (QED) is 0.664. The summed E-state index contributed by atoms with van der Waals surface area (Å²) in [6.45, 7) is 7.06. The minimum Gasteiger partial charge on any atom is -0.508 e. The van der Waals surface area contributed by atoms with E-state index in [2.05, 4.69) is 41.8 Å². The summed E-state index contributed by atoms with van der Waals surface area (Å²) < 4.78 is 16.4. The Bertz CT molecular complexity index is 1190. The molecule has 0 unspecified atom stereocenters. The van der Waals surface area contributed by atoms with Gasteiger partial charge in [0, 0.05) is 24.1 Å². The van der Waals surface area contributed by atoms with Crippen LogP contribution in [0.25, 0.3) is 11.3 Å². The van der Waals surface area contributed by atoms with Crippen molar-refractivity contribution in [3.05, 3.63) is 70.7 Å². The Morgan fingerprint density at radius 2 is 1.81 bits per heavy atom. The number of hydrogen-bond donors (Lipinski definition) is 1. The number of carbonyl (C=O) groups excluding carboxylic acids is 1. The normalized spacial score (nSPS) is 17.5. The van der Waals surface area contributed by atoms with E-state index in [0.717, 1.165) is 18.4 Å². The molecule has 2 aromatic carbocycles. The van der Waals surface area contributed by atoms with Gasteiger partial charge in [0.05, 0.1) is 23.5 Å². The molecule has 1 spiro atoms. The zero-order valence-corrected chi connectivity index (χ0v) is 18.0. The molecule has 3 aromatic rings. The number of amides is 1. The predicted octanol–water partition coefficient (Wildman–Crippen LogP) is 4.80. The zero-order chi connectivity index (χ0) is 21.9. The number of phenols is 1. The van der Waals surface area contributed by atoms with Gasteiger partial charge in [-0.05, 0) is 62.4 Å². The van der Waals surface area contributed by atoms with Crippen LogP contribution >= 0.6 is 0 Å². The average molecular weight is 420 g/mol. The number of aromatic hydroxyl groups is 1. The van der Waals surface area contributed by atoms with Gasteiger partial charge in [0.25, 0.3) is 5.91 Å². The van der Waals surface area contributed by atoms with Crippen LogP contribution in [-0.4, -0.2) is 38.8 Å². The van der Waals surface area contributed by atoms with Crippen molar-refractivity contribution in [2.75, 3.05) is 13.1 Å². The lowest BCUT2D eigenvalue weighted by atomic mass is 9.60. The maximum Gasteiger partial charge on any atom is 0.257 e. The largest absolute Gasteiger partial charge is 0.508 e. The molecule has 0 bridgehead atoms. The van der Waals surface area contributed by atoms with Gasteiger partial charge in [0.1, 0.15) is 11.6 Å². The van der Waals surface area contributed by atoms with Crippen molar-refractivity contribution in [1.82, 2.24) is 14.7 Å². The predicted molar refractivity (Wildman–Crippen MR) is 117 cm³/mol. The highest BCUT2D eigenvalue weighted by atomic mass is 19.1. The highest BCUT2D eigenvalue weighted by molar-refractivity contribution is 5.95. The van der Waals surface area contributed by atoms with Crippen molar-refractivity contribution in [2.24, 2.45) is 5.41 Å². The van der Waals surface area contributed by atoms with Crippen LogP contribution < -0.4 is 0 Å². The van der Waals surface area contributed by atoms with E-state index in [9.17, 15) is 14.3 Å². The molecule has 5 nitrogen and oxygen atoms in total. The molecule has 2 fully saturated rings. The molecular weight excluding hydrogens is 393 g/mol. The van der Waals surface area contributed by atoms with E-state index in [-0.39, 0.29) is 22.6 Å². The van der Waals surface area contributed by atoms with Crippen molar-refractivity contribution >= 4 is 5.91 Å². The molecule has 0 atom stereocenters. The average Bonchev–Trinajstić information content (AvgIpc) is 3.04. The number of halogens is 1. The lowest BCUT2D eigenvalue weighted by Gasteiger charge is -2.59. The molecular formula is C25H26FN3O2. The maximum absolute atomic E-state index is 14.2. The Balaban J connectivity index is 1.29. The van der Waals surface area contributed by atoms with Crippen molar-refractivity contribution in [1.29, 1.82) is 0 Å². The minimum atomic E-state index is -0.581. The Morgan fingerprint density at radius 1 is 1.10 bits per heavy atom. The minimum absolute atomic E-state index is 0.0542. The van der Waals surface area contributed by atoms with Crippen molar-refractivity contribution in [3.8, 4) is 17.0 Å². The molecule has 1 N–H and O–H groups in total. The number of carbonyl (C=O) groups is 1. The van der Waals surface area contributed by atoms with Gasteiger partial charge in [-0.25, -0.2) is 4.39 Å². The summed E-state index contributed by atoms with van der Waals surface area (Å²) in [6, 6.07) is 11.1. The van der Waals surface area contributed by atoms with Crippen molar-refractivity contribution < 1.29 is 14.3 Å². The molecule has 0 radical (unpaired) electrons. The third-order valence-electron chi connectivity index (χ3n) is 6.92. The fourth-order valence-electron chi connectivity index (χ4n) is 5.17. The molecule has 160 valence electrons. The lowest BCUT2D eigenvalue weighted by molar-refractivity contribution is -0.0735. The Morgan fingerprint density at radius 3 is 2.52 bits per heavy atom. The second-order valence-electron chi connectivity index (χ2n) is 9.28. The number of likely N-dealkylation sites (tertiary alicyclic amines) is 1. The number of aryl methyl sites for hydroxylation is 3. The van der Waals surface area contributed by atoms with Gasteiger partial charge in [-0.1, -0.05) is 24.3 Å². The van der Waals surface area contributed by atoms with E-state index in [1.54, 1.807) is 11.8 Å². The summed E-state index contributed by atoms with van der Waals surface area (Å²) in [4.78, 5) is 14.4. The van der Waals surface area contributed by atoms with Crippen LogP contribution in [0.5, 0.6) is 5.75 Å². The molecule has 2 heterocycles. The second-order valence-corrected chi connectivity index (χ2v) is 9.28. The molecule has 1 amide bonds. The zero-order valence-electron chi connectivity index (χ0n) is 18.0. The fourth-order valence-corrected chi connectivity index (χ4v) is 5.17. The molecule has 1 aliphatic carbocycles. The highest BCUT2D eigenvalue weighted by Crippen LogP contribution is 2.55. The number of aromatic nitrogens is 2. The van der Waals surface area contributed by atoms with Crippen LogP contribution in [0.1, 0.15) is 45.9 Å². The van der Waals surface area contributed by atoms with Crippen LogP contribution in [-0.2, 0) is 0 Å². The van der Waals surface area contributed by atoms with Crippen molar-refractivity contribution in [2.45, 2.75) is 39.7 Å². The summed E-state index contributed by atoms with van der Waals surface area (Å²) in [5, 5.41) is 14.5. The number of hydrogen-bond acceptors (Lipinski definition) is 3. The molecule has 1 saturated carbocycles. The van der Waals surface area contributed by atoms with Crippen LogP contribution in [0.3, 0.4) is 0 Å². The SMILES string of the molecule is Cc1cc(F)c(C(=O)N2CC3(CC(n4ncc(C)c4-c4ccccc4C)C3)C2)cc1O. The maximum atomic E-state index is 14.2. The third-order valence-corrected chi connectivity index (χ3v) is 6.92. The number of benzene rings is 2. The van der Waals surface area contributed by atoms with Gasteiger partial charge in [0.15, 0.2) is 0 Å². The molecule has 1 saturated heterocycles. The van der Waals surface area contributed by atoms with E-state index in [0.29, 0.717) is 24.7 Å². The van der Waals surface area contributed by atoms with Gasteiger partial charge in [-0.3, -0.25) is 9.48 Å². The van der Waals surface area contributed by atoms with Crippen LogP contribution in [0.2, 0.25) is 0 Å². The van der Waals surface area contributed by atoms with E-state index in [1.165, 1.54) is 29.0 Å². The first-order valence-electron chi connectivity index (χ1n) is 10.7. The van der Waals surface area contributed by atoms with E-state index in [4.69, 9.17) is 0 Å². The van der Waals surface area contributed by atoms with E-state index < -0.39 is 5.82 Å². The molecule has 31 heavy (non-hydrogen) atoms. The number of nitrogens with zero attached hydrogens (tertiary/aromatic N) is 3. The Labute approximate surface area is 181 Å². The van der Waals surface area contributed by atoms with Crippen molar-refractivity contribution in [3.63, 3.8) is 0 Å². The number of phenolic OH excluding ortho intramolecular Hbond substituents is 1. The molecule has 1 aromatic heterocycles. The van der Waals surface area contributed by atoms with E-state index in [1.807, 2.05) is 12.3 Å². The first kappa shape index (κ1) is 19.8. The second kappa shape index (κ2) is 6.94. The first-order chi connectivity index (χ1) is 14.8. The lowest BCUT2D eigenvalue weighted by Crippen LogP contribution is -2.64. The van der Waals surface area contributed by atoms with Gasteiger partial charge < -0.3 is 10.0 Å². The van der Waals surface area contributed by atoms with Gasteiger partial charge in [0.2, 0.25) is 0 Å². The smallest absolute Gasteiger partial charge is 0.257 e. The monoisotopic (exact) mass is 419 g/mol. The summed E-state index contributed by atoms with van der Waals surface area (Å²) in [5.41, 5.74) is 5.22. The summed E-state index contributed by atoms with van der Waals surface area (Å²) >= 11 is 0. The molecule has 6 heteroatoms. The van der Waals surface area contributed by atoms with Crippen LogP contribution in [0.15, 0.2) is 42.6 Å². The first-order valence-corrected chi connectivity index (χ1v) is 10.7. The van der Waals surface area contributed by atoms with Crippen LogP contribution in [0, 0.1) is 32.0 Å². The topological polar surface area (TPSA) is 58.4 Å². The summed E-state index contributed by atoms with van der Waals surface area (Å²) in [7, 11) is 0. The van der Waals surface area contributed by atoms with Gasteiger partial charge >= 0.3 is 0 Å². The highest BCUT2D eigenvalue weighted by Gasteiger charge is 2.55. The fraction of sp³-hybridized carbons (Fsp3) is 0.360. The van der Waals surface area contributed by atoms with Gasteiger partial charge in [-0.2, -0.15) is 5.10 Å². The summed E-state index contributed by atoms with van der Waals surface area (Å²) in [6.07, 6.45) is 3.84. The third kappa shape index (κ3) is 3.12. The standard InChI is InChI=1S/C25H26FN3O2/c1-15-6-4-5-7-19(15)23-17(3)12-27-29(23)18-10-25(11-18)13-28(14-25)24(31)20-9-22(30)16(2)8-21(20)26/h4-9,12,18,30H,10-11,13-14H2,1-3H3. The van der Waals surface area contributed by atoms with Crippen LogP contribution in [0.4, 0.5) is 4.39 Å².